The van der Waals surface area contributed by atoms with Gasteiger partial charge in [0.25, 0.3) is 0 Å². The van der Waals surface area contributed by atoms with Gasteiger partial charge in [0.05, 0.1) is 6.10 Å². The van der Waals surface area contributed by atoms with Gasteiger partial charge in [-0.3, -0.25) is 0 Å². The quantitative estimate of drug-likeness (QED) is 0.704. The van der Waals surface area contributed by atoms with Crippen LogP contribution in [0.5, 0.6) is 0 Å². The Balaban J connectivity index is 2.56. The van der Waals surface area contributed by atoms with E-state index in [2.05, 4.69) is 4.98 Å². The van der Waals surface area contributed by atoms with Crippen LogP contribution in [-0.2, 0) is 6.54 Å². The molecule has 1 N–H and O–H groups in total. The van der Waals surface area contributed by atoms with Crippen LogP contribution < -0.4 is 0 Å². The summed E-state index contributed by atoms with van der Waals surface area (Å²) in [6.45, 7) is 4.56. The zero-order valence-electron chi connectivity index (χ0n) is 6.99. The SMILES string of the molecule is CC[C@H](O)Cn1ccnc1C. The predicted molar refractivity (Wildman–Crippen MR) is 43.3 cm³/mol. The first-order chi connectivity index (χ1) is 5.24. The van der Waals surface area contributed by atoms with Crippen molar-refractivity contribution >= 4 is 0 Å². The Kier molecular flexibility index (Phi) is 2.65. The Morgan fingerprint density at radius 2 is 2.45 bits per heavy atom. The Bertz CT molecular complexity index is 220. The molecule has 0 aliphatic heterocycles. The molecule has 0 spiro atoms. The Morgan fingerprint density at radius 3 is 2.91 bits per heavy atom. The number of rotatable bonds is 3. The molecule has 11 heavy (non-hydrogen) atoms. The highest BCUT2D eigenvalue weighted by atomic mass is 16.3. The van der Waals surface area contributed by atoms with Crippen LogP contribution in [0.25, 0.3) is 0 Å². The lowest BCUT2D eigenvalue weighted by Crippen LogP contribution is -2.14. The summed E-state index contributed by atoms with van der Waals surface area (Å²) in [5, 5.41) is 9.31. The first-order valence-corrected chi connectivity index (χ1v) is 3.89. The highest BCUT2D eigenvalue weighted by Gasteiger charge is 2.02. The summed E-state index contributed by atoms with van der Waals surface area (Å²) < 4.78 is 1.95. The second kappa shape index (κ2) is 3.53. The van der Waals surface area contributed by atoms with Gasteiger partial charge in [-0.2, -0.15) is 0 Å². The lowest BCUT2D eigenvalue weighted by Gasteiger charge is -2.09. The smallest absolute Gasteiger partial charge is 0.105 e. The molecule has 1 rings (SSSR count). The van der Waals surface area contributed by atoms with Crippen molar-refractivity contribution in [1.29, 1.82) is 0 Å². The van der Waals surface area contributed by atoms with Crippen LogP contribution in [0.3, 0.4) is 0 Å². The van der Waals surface area contributed by atoms with Gasteiger partial charge in [-0.15, -0.1) is 0 Å². The van der Waals surface area contributed by atoms with E-state index in [0.717, 1.165) is 12.2 Å². The molecule has 1 aromatic rings. The third-order valence-electron chi connectivity index (χ3n) is 1.80. The molecule has 0 aromatic carbocycles. The van der Waals surface area contributed by atoms with E-state index in [1.54, 1.807) is 6.20 Å². The first kappa shape index (κ1) is 8.27. The number of aryl methyl sites for hydroxylation is 1. The van der Waals surface area contributed by atoms with Gasteiger partial charge in [-0.1, -0.05) is 6.92 Å². The van der Waals surface area contributed by atoms with Crippen LogP contribution >= 0.6 is 0 Å². The molecular formula is C8H14N2O. The average molecular weight is 154 g/mol. The zero-order chi connectivity index (χ0) is 8.27. The summed E-state index contributed by atoms with van der Waals surface area (Å²) in [5.74, 6) is 0.956. The molecule has 0 saturated carbocycles. The number of aromatic nitrogens is 2. The molecule has 0 aliphatic carbocycles. The maximum Gasteiger partial charge on any atom is 0.105 e. The van der Waals surface area contributed by atoms with Gasteiger partial charge in [0.15, 0.2) is 0 Å². The van der Waals surface area contributed by atoms with E-state index >= 15 is 0 Å². The number of nitrogens with zero attached hydrogens (tertiary/aromatic N) is 2. The van der Waals surface area contributed by atoms with Crippen LogP contribution in [0.15, 0.2) is 12.4 Å². The average Bonchev–Trinajstić information content (AvgIpc) is 2.37. The molecule has 0 amide bonds. The number of imidazole rings is 1. The number of hydrogen-bond donors (Lipinski definition) is 1. The van der Waals surface area contributed by atoms with Gasteiger partial charge in [0, 0.05) is 18.9 Å². The summed E-state index contributed by atoms with van der Waals surface area (Å²) in [5.41, 5.74) is 0. The molecule has 0 unspecified atom stereocenters. The van der Waals surface area contributed by atoms with Crippen LogP contribution in [0.2, 0.25) is 0 Å². The van der Waals surface area contributed by atoms with E-state index in [4.69, 9.17) is 0 Å². The molecule has 1 heterocycles. The summed E-state index contributed by atoms with van der Waals surface area (Å²) in [4.78, 5) is 4.06. The molecule has 0 saturated heterocycles. The Morgan fingerprint density at radius 1 is 1.73 bits per heavy atom. The monoisotopic (exact) mass is 154 g/mol. The fraction of sp³-hybridized carbons (Fsp3) is 0.625. The van der Waals surface area contributed by atoms with Crippen molar-refractivity contribution in [3.05, 3.63) is 18.2 Å². The molecule has 1 aromatic heterocycles. The standard InChI is InChI=1S/C8H14N2O/c1-3-8(11)6-10-5-4-9-7(10)2/h4-5,8,11H,3,6H2,1-2H3/t8-/m0/s1. The second-order valence-electron chi connectivity index (χ2n) is 2.69. The van der Waals surface area contributed by atoms with E-state index < -0.39 is 0 Å². The van der Waals surface area contributed by atoms with E-state index in [1.165, 1.54) is 0 Å². The maximum atomic E-state index is 9.31. The van der Waals surface area contributed by atoms with E-state index in [9.17, 15) is 5.11 Å². The van der Waals surface area contributed by atoms with Gasteiger partial charge in [-0.05, 0) is 13.3 Å². The van der Waals surface area contributed by atoms with Crippen molar-refractivity contribution in [3.63, 3.8) is 0 Å². The van der Waals surface area contributed by atoms with Crippen LogP contribution in [0.1, 0.15) is 19.2 Å². The van der Waals surface area contributed by atoms with Crippen molar-refractivity contribution in [1.82, 2.24) is 9.55 Å². The van der Waals surface area contributed by atoms with Crippen LogP contribution in [0.4, 0.5) is 0 Å². The summed E-state index contributed by atoms with van der Waals surface area (Å²) in [7, 11) is 0. The normalized spacial score (nSPS) is 13.4. The first-order valence-electron chi connectivity index (χ1n) is 3.89. The topological polar surface area (TPSA) is 38.0 Å². The Hall–Kier alpha value is -0.830. The predicted octanol–water partition coefficient (Wildman–Crippen LogP) is 0.962. The molecule has 0 radical (unpaired) electrons. The van der Waals surface area contributed by atoms with Gasteiger partial charge in [-0.25, -0.2) is 4.98 Å². The largest absolute Gasteiger partial charge is 0.391 e. The minimum Gasteiger partial charge on any atom is -0.391 e. The molecule has 3 nitrogen and oxygen atoms in total. The van der Waals surface area contributed by atoms with E-state index in [0.29, 0.717) is 6.54 Å². The number of aliphatic hydroxyl groups excluding tert-OH is 1. The fourth-order valence-electron chi connectivity index (χ4n) is 0.953. The molecule has 1 atom stereocenters. The Labute approximate surface area is 66.7 Å². The zero-order valence-corrected chi connectivity index (χ0v) is 6.99. The maximum absolute atomic E-state index is 9.31. The lowest BCUT2D eigenvalue weighted by atomic mass is 10.3. The van der Waals surface area contributed by atoms with Crippen molar-refractivity contribution < 1.29 is 5.11 Å². The molecule has 0 aliphatic rings. The minimum atomic E-state index is -0.247. The van der Waals surface area contributed by atoms with Crippen LogP contribution in [-0.4, -0.2) is 20.8 Å². The lowest BCUT2D eigenvalue weighted by molar-refractivity contribution is 0.149. The highest BCUT2D eigenvalue weighted by Crippen LogP contribution is 1.99. The third kappa shape index (κ3) is 2.05. The van der Waals surface area contributed by atoms with Gasteiger partial charge in [0.2, 0.25) is 0 Å². The minimum absolute atomic E-state index is 0.247. The molecular weight excluding hydrogens is 140 g/mol. The highest BCUT2D eigenvalue weighted by molar-refractivity contribution is 4.88. The van der Waals surface area contributed by atoms with E-state index in [-0.39, 0.29) is 6.10 Å². The molecule has 62 valence electrons. The fourth-order valence-corrected chi connectivity index (χ4v) is 0.953. The van der Waals surface area contributed by atoms with Gasteiger partial charge >= 0.3 is 0 Å². The van der Waals surface area contributed by atoms with Crippen molar-refractivity contribution in [3.8, 4) is 0 Å². The molecule has 0 bridgehead atoms. The summed E-state index contributed by atoms with van der Waals surface area (Å²) in [6, 6.07) is 0. The second-order valence-corrected chi connectivity index (χ2v) is 2.69. The summed E-state index contributed by atoms with van der Waals surface area (Å²) >= 11 is 0. The van der Waals surface area contributed by atoms with Gasteiger partial charge in [0.1, 0.15) is 5.82 Å². The molecule has 3 heteroatoms. The van der Waals surface area contributed by atoms with Crippen molar-refractivity contribution in [2.45, 2.75) is 32.9 Å². The number of hydrogen-bond acceptors (Lipinski definition) is 2. The van der Waals surface area contributed by atoms with E-state index in [1.807, 2.05) is 24.6 Å². The summed E-state index contributed by atoms with van der Waals surface area (Å²) in [6.07, 6.45) is 4.17. The van der Waals surface area contributed by atoms with Crippen molar-refractivity contribution in [2.24, 2.45) is 0 Å². The van der Waals surface area contributed by atoms with Gasteiger partial charge < -0.3 is 9.67 Å². The third-order valence-corrected chi connectivity index (χ3v) is 1.80. The number of aliphatic hydroxyl groups is 1. The van der Waals surface area contributed by atoms with Crippen LogP contribution in [0, 0.1) is 6.92 Å². The van der Waals surface area contributed by atoms with Crippen molar-refractivity contribution in [2.75, 3.05) is 0 Å². The molecule has 0 fully saturated rings.